The van der Waals surface area contributed by atoms with E-state index in [-0.39, 0.29) is 0 Å². The first-order valence-electron chi connectivity index (χ1n) is 5.14. The number of aryl methyl sites for hydroxylation is 1. The van der Waals surface area contributed by atoms with E-state index in [0.29, 0.717) is 6.04 Å². The first kappa shape index (κ1) is 9.24. The van der Waals surface area contributed by atoms with E-state index in [9.17, 15) is 0 Å². The van der Waals surface area contributed by atoms with E-state index in [1.165, 1.54) is 12.8 Å². The predicted octanol–water partition coefficient (Wildman–Crippen LogP) is 1.79. The van der Waals surface area contributed by atoms with Gasteiger partial charge in [0.05, 0.1) is 0 Å². The fourth-order valence-corrected chi connectivity index (χ4v) is 1.32. The summed E-state index contributed by atoms with van der Waals surface area (Å²) in [5, 5.41) is 6.48. The molecule has 0 saturated heterocycles. The molecule has 0 bridgehead atoms. The Balaban J connectivity index is 2.12. The molecular weight excluding hydrogens is 176 g/mol. The van der Waals surface area contributed by atoms with Gasteiger partial charge in [-0.25, -0.2) is 4.98 Å². The lowest BCUT2D eigenvalue weighted by Crippen LogP contribution is -2.08. The summed E-state index contributed by atoms with van der Waals surface area (Å²) in [4.78, 5) is 8.66. The molecule has 0 aromatic carbocycles. The van der Waals surface area contributed by atoms with Crippen LogP contribution in [0.2, 0.25) is 0 Å². The highest BCUT2D eigenvalue weighted by molar-refractivity contribution is 5.43. The Bertz CT molecular complexity index is 320. The number of rotatable bonds is 4. The van der Waals surface area contributed by atoms with Crippen LogP contribution in [0, 0.1) is 6.92 Å². The van der Waals surface area contributed by atoms with Crippen molar-refractivity contribution in [2.75, 3.05) is 17.2 Å². The van der Waals surface area contributed by atoms with Gasteiger partial charge in [-0.05, 0) is 26.7 Å². The van der Waals surface area contributed by atoms with Gasteiger partial charge in [0.2, 0.25) is 5.95 Å². The standard InChI is InChI=1S/C10H16N4/c1-3-11-10-12-7(2)6-9(14-10)13-8-4-5-8/h6,8H,3-5H2,1-2H3,(H2,11,12,13,14). The van der Waals surface area contributed by atoms with Crippen molar-refractivity contribution in [3.63, 3.8) is 0 Å². The molecule has 2 N–H and O–H groups in total. The van der Waals surface area contributed by atoms with Gasteiger partial charge in [0.1, 0.15) is 5.82 Å². The molecule has 0 unspecified atom stereocenters. The molecule has 1 aromatic heterocycles. The minimum atomic E-state index is 0.638. The lowest BCUT2D eigenvalue weighted by Gasteiger charge is -2.07. The summed E-state index contributed by atoms with van der Waals surface area (Å²) < 4.78 is 0. The third-order valence-corrected chi connectivity index (χ3v) is 2.12. The minimum Gasteiger partial charge on any atom is -0.367 e. The maximum Gasteiger partial charge on any atom is 0.224 e. The second-order valence-corrected chi connectivity index (χ2v) is 3.67. The Morgan fingerprint density at radius 3 is 2.86 bits per heavy atom. The summed E-state index contributed by atoms with van der Waals surface area (Å²) in [7, 11) is 0. The summed E-state index contributed by atoms with van der Waals surface area (Å²) in [6.07, 6.45) is 2.53. The molecule has 0 amide bonds. The Kier molecular flexibility index (Phi) is 2.52. The van der Waals surface area contributed by atoms with Gasteiger partial charge < -0.3 is 10.6 Å². The highest BCUT2D eigenvalue weighted by Crippen LogP contribution is 2.24. The Hall–Kier alpha value is -1.32. The smallest absolute Gasteiger partial charge is 0.224 e. The molecule has 1 aliphatic rings. The summed E-state index contributed by atoms with van der Waals surface area (Å²) in [6, 6.07) is 2.62. The van der Waals surface area contributed by atoms with Crippen molar-refractivity contribution in [1.82, 2.24) is 9.97 Å². The molecule has 76 valence electrons. The van der Waals surface area contributed by atoms with E-state index in [0.717, 1.165) is 24.0 Å². The van der Waals surface area contributed by atoms with Crippen molar-refractivity contribution in [2.45, 2.75) is 32.7 Å². The molecule has 1 aliphatic carbocycles. The monoisotopic (exact) mass is 192 g/mol. The van der Waals surface area contributed by atoms with E-state index in [4.69, 9.17) is 0 Å². The van der Waals surface area contributed by atoms with Gasteiger partial charge >= 0.3 is 0 Å². The largest absolute Gasteiger partial charge is 0.367 e. The maximum atomic E-state index is 4.37. The number of nitrogens with one attached hydrogen (secondary N) is 2. The zero-order valence-corrected chi connectivity index (χ0v) is 8.67. The van der Waals surface area contributed by atoms with Crippen LogP contribution in [0.1, 0.15) is 25.5 Å². The highest BCUT2D eigenvalue weighted by atomic mass is 15.1. The van der Waals surface area contributed by atoms with Gasteiger partial charge in [-0.1, -0.05) is 0 Å². The second-order valence-electron chi connectivity index (χ2n) is 3.67. The Morgan fingerprint density at radius 1 is 1.43 bits per heavy atom. The van der Waals surface area contributed by atoms with Crippen molar-refractivity contribution >= 4 is 11.8 Å². The molecule has 4 nitrogen and oxygen atoms in total. The van der Waals surface area contributed by atoms with E-state index in [2.05, 4.69) is 20.6 Å². The van der Waals surface area contributed by atoms with Crippen LogP contribution in [-0.4, -0.2) is 22.6 Å². The lowest BCUT2D eigenvalue weighted by atomic mass is 10.4. The van der Waals surface area contributed by atoms with Gasteiger partial charge in [0.15, 0.2) is 0 Å². The zero-order chi connectivity index (χ0) is 9.97. The Labute approximate surface area is 84.2 Å². The molecule has 4 heteroatoms. The highest BCUT2D eigenvalue weighted by Gasteiger charge is 2.21. The quantitative estimate of drug-likeness (QED) is 0.763. The second kappa shape index (κ2) is 3.82. The topological polar surface area (TPSA) is 49.8 Å². The van der Waals surface area contributed by atoms with E-state index >= 15 is 0 Å². The molecule has 1 saturated carbocycles. The number of hydrogen-bond donors (Lipinski definition) is 2. The van der Waals surface area contributed by atoms with Gasteiger partial charge in [-0.3, -0.25) is 0 Å². The first-order valence-corrected chi connectivity index (χ1v) is 5.14. The van der Waals surface area contributed by atoms with Crippen molar-refractivity contribution in [3.05, 3.63) is 11.8 Å². The van der Waals surface area contributed by atoms with Crippen LogP contribution in [-0.2, 0) is 0 Å². The first-order chi connectivity index (χ1) is 6.78. The zero-order valence-electron chi connectivity index (χ0n) is 8.67. The van der Waals surface area contributed by atoms with Crippen LogP contribution in [0.25, 0.3) is 0 Å². The molecule has 0 radical (unpaired) electrons. The summed E-state index contributed by atoms with van der Waals surface area (Å²) >= 11 is 0. The summed E-state index contributed by atoms with van der Waals surface area (Å²) in [5.41, 5.74) is 0.999. The normalized spacial score (nSPS) is 15.3. The third kappa shape index (κ3) is 2.34. The van der Waals surface area contributed by atoms with Crippen LogP contribution in [0.5, 0.6) is 0 Å². The van der Waals surface area contributed by atoms with Crippen molar-refractivity contribution < 1.29 is 0 Å². The number of anilines is 2. The molecule has 0 spiro atoms. The van der Waals surface area contributed by atoms with Crippen LogP contribution >= 0.6 is 0 Å². The predicted molar refractivity (Wildman–Crippen MR) is 57.6 cm³/mol. The summed E-state index contributed by atoms with van der Waals surface area (Å²) in [5.74, 6) is 1.66. The molecular formula is C10H16N4. The fourth-order valence-electron chi connectivity index (χ4n) is 1.32. The van der Waals surface area contributed by atoms with E-state index < -0.39 is 0 Å². The van der Waals surface area contributed by atoms with E-state index in [1.807, 2.05) is 19.9 Å². The fraction of sp³-hybridized carbons (Fsp3) is 0.600. The minimum absolute atomic E-state index is 0.638. The van der Waals surface area contributed by atoms with Crippen LogP contribution in [0.4, 0.5) is 11.8 Å². The van der Waals surface area contributed by atoms with Gasteiger partial charge in [-0.15, -0.1) is 0 Å². The summed E-state index contributed by atoms with van der Waals surface area (Å²) in [6.45, 7) is 4.88. The number of hydrogen-bond acceptors (Lipinski definition) is 4. The molecule has 14 heavy (non-hydrogen) atoms. The average Bonchev–Trinajstić information content (AvgIpc) is 2.87. The average molecular weight is 192 g/mol. The molecule has 1 heterocycles. The van der Waals surface area contributed by atoms with Crippen molar-refractivity contribution in [3.8, 4) is 0 Å². The molecule has 1 fully saturated rings. The van der Waals surface area contributed by atoms with Crippen molar-refractivity contribution in [2.24, 2.45) is 0 Å². The van der Waals surface area contributed by atoms with Crippen LogP contribution in [0.15, 0.2) is 6.07 Å². The molecule has 2 rings (SSSR count). The van der Waals surface area contributed by atoms with Crippen molar-refractivity contribution in [1.29, 1.82) is 0 Å². The van der Waals surface area contributed by atoms with Gasteiger partial charge in [0, 0.05) is 24.3 Å². The number of nitrogens with zero attached hydrogens (tertiary/aromatic N) is 2. The SMILES string of the molecule is CCNc1nc(C)cc(NC2CC2)n1. The molecule has 0 atom stereocenters. The van der Waals surface area contributed by atoms with Crippen LogP contribution < -0.4 is 10.6 Å². The molecule has 1 aromatic rings. The Morgan fingerprint density at radius 2 is 2.21 bits per heavy atom. The van der Waals surface area contributed by atoms with Gasteiger partial charge in [-0.2, -0.15) is 4.98 Å². The third-order valence-electron chi connectivity index (χ3n) is 2.12. The lowest BCUT2D eigenvalue weighted by molar-refractivity contribution is 1.03. The maximum absolute atomic E-state index is 4.37. The number of aromatic nitrogens is 2. The molecule has 0 aliphatic heterocycles. The van der Waals surface area contributed by atoms with Crippen LogP contribution in [0.3, 0.4) is 0 Å². The van der Waals surface area contributed by atoms with E-state index in [1.54, 1.807) is 0 Å². The van der Waals surface area contributed by atoms with Gasteiger partial charge in [0.25, 0.3) is 0 Å².